The number of hydrogen-bond acceptors (Lipinski definition) is 4. The van der Waals surface area contributed by atoms with Crippen molar-refractivity contribution >= 4 is 17.2 Å². The van der Waals surface area contributed by atoms with Crippen molar-refractivity contribution in [1.82, 2.24) is 10.3 Å². The van der Waals surface area contributed by atoms with Crippen LogP contribution in [0.3, 0.4) is 0 Å². The molecule has 0 aliphatic carbocycles. The maximum Gasteiger partial charge on any atom is 0.133 e. The molecule has 0 fully saturated rings. The molecule has 4 heteroatoms. The van der Waals surface area contributed by atoms with Crippen molar-refractivity contribution in [2.45, 2.75) is 46.3 Å². The Hall–Kier alpha value is -1.39. The van der Waals surface area contributed by atoms with Gasteiger partial charge in [0.25, 0.3) is 0 Å². The fraction of sp³-hybridized carbons (Fsp3) is 0.471. The van der Waals surface area contributed by atoms with Crippen LogP contribution in [0.2, 0.25) is 0 Å². The maximum absolute atomic E-state index is 4.67. The van der Waals surface area contributed by atoms with Gasteiger partial charge in [-0.25, -0.2) is 4.98 Å². The molecule has 0 aliphatic rings. The Morgan fingerprint density at radius 1 is 1.24 bits per heavy atom. The smallest absolute Gasteiger partial charge is 0.133 e. The summed E-state index contributed by atoms with van der Waals surface area (Å²) in [4.78, 5) is 8.43. The number of aromatic nitrogens is 1. The van der Waals surface area contributed by atoms with Gasteiger partial charge in [0.1, 0.15) is 5.82 Å². The Morgan fingerprint density at radius 2 is 2.05 bits per heavy atom. The van der Waals surface area contributed by atoms with Gasteiger partial charge in [0, 0.05) is 28.7 Å². The van der Waals surface area contributed by atoms with E-state index >= 15 is 0 Å². The van der Waals surface area contributed by atoms with E-state index in [2.05, 4.69) is 66.5 Å². The van der Waals surface area contributed by atoms with E-state index in [4.69, 9.17) is 0 Å². The van der Waals surface area contributed by atoms with Gasteiger partial charge in [-0.15, -0.1) is 11.3 Å². The van der Waals surface area contributed by atoms with Gasteiger partial charge in [0.15, 0.2) is 0 Å². The molecule has 0 saturated heterocycles. The maximum atomic E-state index is 4.67. The van der Waals surface area contributed by atoms with Crippen LogP contribution in [0.5, 0.6) is 0 Å². The largest absolute Gasteiger partial charge is 0.349 e. The van der Waals surface area contributed by atoms with Crippen LogP contribution in [-0.4, -0.2) is 17.6 Å². The summed E-state index contributed by atoms with van der Waals surface area (Å²) in [5, 5.41) is 5.62. The number of anilines is 1. The molecule has 0 amide bonds. The van der Waals surface area contributed by atoms with Crippen LogP contribution in [0.25, 0.3) is 0 Å². The van der Waals surface area contributed by atoms with Crippen LogP contribution in [0, 0.1) is 0 Å². The van der Waals surface area contributed by atoms with E-state index in [1.54, 1.807) is 11.3 Å². The molecule has 0 spiro atoms. The van der Waals surface area contributed by atoms with Gasteiger partial charge < -0.3 is 10.2 Å². The minimum atomic E-state index is 0.309. The molecular formula is C17H25N3S. The molecule has 0 aliphatic heterocycles. The molecule has 0 aromatic carbocycles. The van der Waals surface area contributed by atoms with Crippen molar-refractivity contribution in [3.8, 4) is 0 Å². The van der Waals surface area contributed by atoms with Gasteiger partial charge >= 0.3 is 0 Å². The molecule has 1 N–H and O–H groups in total. The van der Waals surface area contributed by atoms with Gasteiger partial charge in [-0.3, -0.25) is 0 Å². The van der Waals surface area contributed by atoms with Gasteiger partial charge in [0.2, 0.25) is 0 Å². The highest BCUT2D eigenvalue weighted by Crippen LogP contribution is 2.27. The third-order valence-corrected chi connectivity index (χ3v) is 4.46. The highest BCUT2D eigenvalue weighted by atomic mass is 32.1. The highest BCUT2D eigenvalue weighted by molar-refractivity contribution is 7.09. The second-order valence-corrected chi connectivity index (χ2v) is 6.53. The first-order chi connectivity index (χ1) is 10.1. The van der Waals surface area contributed by atoms with E-state index in [9.17, 15) is 0 Å². The molecule has 21 heavy (non-hydrogen) atoms. The molecule has 2 aromatic heterocycles. The lowest BCUT2D eigenvalue weighted by molar-refractivity contribution is 0.586. The lowest BCUT2D eigenvalue weighted by Crippen LogP contribution is -2.32. The Morgan fingerprint density at radius 3 is 2.67 bits per heavy atom. The molecule has 2 rings (SSSR count). The SMILES string of the molecule is CCNC(C)c1cccnc1N(Cc1cccs1)C(C)C. The van der Waals surface area contributed by atoms with Crippen LogP contribution >= 0.6 is 11.3 Å². The summed E-state index contributed by atoms with van der Waals surface area (Å²) in [7, 11) is 0. The molecule has 0 radical (unpaired) electrons. The Kier molecular flexibility index (Phi) is 5.76. The lowest BCUT2D eigenvalue weighted by Gasteiger charge is -2.30. The third-order valence-electron chi connectivity index (χ3n) is 3.60. The first-order valence-electron chi connectivity index (χ1n) is 7.60. The number of pyridine rings is 1. The number of hydrogen-bond donors (Lipinski definition) is 1. The number of thiophene rings is 1. The predicted octanol–water partition coefficient (Wildman–Crippen LogP) is 4.23. The summed E-state index contributed by atoms with van der Waals surface area (Å²) in [5.41, 5.74) is 1.27. The van der Waals surface area contributed by atoms with Crippen LogP contribution < -0.4 is 10.2 Å². The topological polar surface area (TPSA) is 28.2 Å². The molecule has 1 unspecified atom stereocenters. The second-order valence-electron chi connectivity index (χ2n) is 5.50. The molecule has 1 atom stereocenters. The van der Waals surface area contributed by atoms with Crippen LogP contribution in [-0.2, 0) is 6.54 Å². The van der Waals surface area contributed by atoms with Crippen molar-refractivity contribution in [3.05, 3.63) is 46.3 Å². The minimum Gasteiger partial charge on any atom is -0.349 e. The van der Waals surface area contributed by atoms with Gasteiger partial charge in [-0.05, 0) is 44.8 Å². The van der Waals surface area contributed by atoms with E-state index in [-0.39, 0.29) is 0 Å². The summed E-state index contributed by atoms with van der Waals surface area (Å²) in [6.45, 7) is 10.7. The number of nitrogens with zero attached hydrogens (tertiary/aromatic N) is 2. The Balaban J connectivity index is 2.31. The zero-order valence-electron chi connectivity index (χ0n) is 13.3. The van der Waals surface area contributed by atoms with Crippen LogP contribution in [0.15, 0.2) is 35.8 Å². The van der Waals surface area contributed by atoms with E-state index in [0.717, 1.165) is 18.9 Å². The van der Waals surface area contributed by atoms with E-state index in [1.165, 1.54) is 10.4 Å². The molecule has 3 nitrogen and oxygen atoms in total. The fourth-order valence-electron chi connectivity index (χ4n) is 2.48. The van der Waals surface area contributed by atoms with Crippen LogP contribution in [0.4, 0.5) is 5.82 Å². The first-order valence-corrected chi connectivity index (χ1v) is 8.48. The summed E-state index contributed by atoms with van der Waals surface area (Å²) in [5.74, 6) is 1.09. The lowest BCUT2D eigenvalue weighted by atomic mass is 10.1. The summed E-state index contributed by atoms with van der Waals surface area (Å²) in [6.07, 6.45) is 1.89. The number of nitrogens with one attached hydrogen (secondary N) is 1. The zero-order valence-corrected chi connectivity index (χ0v) is 14.2. The minimum absolute atomic E-state index is 0.309. The molecule has 0 saturated carbocycles. The van der Waals surface area contributed by atoms with E-state index in [1.807, 2.05) is 12.3 Å². The van der Waals surface area contributed by atoms with Gasteiger partial charge in [-0.1, -0.05) is 19.1 Å². The molecule has 114 valence electrons. The normalized spacial score (nSPS) is 12.6. The summed E-state index contributed by atoms with van der Waals surface area (Å²) >= 11 is 1.80. The van der Waals surface area contributed by atoms with Crippen molar-refractivity contribution in [3.63, 3.8) is 0 Å². The van der Waals surface area contributed by atoms with Crippen molar-refractivity contribution in [2.75, 3.05) is 11.4 Å². The fourth-order valence-corrected chi connectivity index (χ4v) is 3.18. The Bertz CT molecular complexity index is 537. The summed E-state index contributed by atoms with van der Waals surface area (Å²) < 4.78 is 0. The zero-order chi connectivity index (χ0) is 15.2. The second kappa shape index (κ2) is 7.57. The van der Waals surface area contributed by atoms with E-state index in [0.29, 0.717) is 12.1 Å². The summed E-state index contributed by atoms with van der Waals surface area (Å²) in [6, 6.07) is 9.23. The Labute approximate surface area is 132 Å². The van der Waals surface area contributed by atoms with Crippen molar-refractivity contribution < 1.29 is 0 Å². The first kappa shape index (κ1) is 16.0. The van der Waals surface area contributed by atoms with Gasteiger partial charge in [0.05, 0.1) is 6.54 Å². The monoisotopic (exact) mass is 303 g/mol. The van der Waals surface area contributed by atoms with E-state index < -0.39 is 0 Å². The number of rotatable bonds is 7. The third kappa shape index (κ3) is 4.05. The van der Waals surface area contributed by atoms with Crippen molar-refractivity contribution in [2.24, 2.45) is 0 Å². The molecule has 0 bridgehead atoms. The standard InChI is InChI=1S/C17H25N3S/c1-5-18-14(4)16-9-6-10-19-17(16)20(13(2)3)12-15-8-7-11-21-15/h6-11,13-14,18H,5,12H2,1-4H3. The average Bonchev–Trinajstić information content (AvgIpc) is 2.98. The van der Waals surface area contributed by atoms with Crippen LogP contribution in [0.1, 0.15) is 44.2 Å². The quantitative estimate of drug-likeness (QED) is 0.829. The molecular weight excluding hydrogens is 278 g/mol. The van der Waals surface area contributed by atoms with Crippen molar-refractivity contribution in [1.29, 1.82) is 0 Å². The average molecular weight is 303 g/mol. The highest BCUT2D eigenvalue weighted by Gasteiger charge is 2.19. The molecule has 2 aromatic rings. The predicted molar refractivity (Wildman–Crippen MR) is 92.0 cm³/mol. The molecule has 2 heterocycles. The van der Waals surface area contributed by atoms with Gasteiger partial charge in [-0.2, -0.15) is 0 Å².